The van der Waals surface area contributed by atoms with Crippen molar-refractivity contribution in [2.75, 3.05) is 0 Å². The molecule has 0 atom stereocenters. The van der Waals surface area contributed by atoms with Gasteiger partial charge in [0.1, 0.15) is 10.1 Å². The highest BCUT2D eigenvalue weighted by atomic mass is 79.9. The predicted octanol–water partition coefficient (Wildman–Crippen LogP) is 4.00. The van der Waals surface area contributed by atoms with Crippen LogP contribution in [0.3, 0.4) is 0 Å². The Hall–Kier alpha value is -1.94. The lowest BCUT2D eigenvalue weighted by Gasteiger charge is -2.14. The highest BCUT2D eigenvalue weighted by Gasteiger charge is 2.26. The van der Waals surface area contributed by atoms with Gasteiger partial charge in [0, 0.05) is 11.1 Å². The van der Waals surface area contributed by atoms with Gasteiger partial charge in [0.15, 0.2) is 5.78 Å². The Balaban J connectivity index is 2.13. The first-order valence-electron chi connectivity index (χ1n) is 6.49. The first-order valence-corrected chi connectivity index (χ1v) is 7.28. The summed E-state index contributed by atoms with van der Waals surface area (Å²) >= 11 is 3.24. The molecule has 0 amide bonds. The molecular weight excluding hydrogens is 332 g/mol. The summed E-state index contributed by atoms with van der Waals surface area (Å²) in [4.78, 5) is 24.0. The number of hydrogen-bond donors (Lipinski definition) is 0. The fourth-order valence-corrected chi connectivity index (χ4v) is 1.74. The summed E-state index contributed by atoms with van der Waals surface area (Å²) in [6.45, 7) is 3.42. The van der Waals surface area contributed by atoms with Gasteiger partial charge >= 0.3 is 5.97 Å². The van der Waals surface area contributed by atoms with E-state index in [-0.39, 0.29) is 11.8 Å². The molecule has 0 aliphatic heterocycles. The minimum absolute atomic E-state index is 0.0608. The number of alkyl halides is 1. The second-order valence-electron chi connectivity index (χ2n) is 5.08. The van der Waals surface area contributed by atoms with Crippen LogP contribution in [0.25, 0.3) is 0 Å². The van der Waals surface area contributed by atoms with Crippen LogP contribution in [-0.2, 0) is 4.79 Å². The fourth-order valence-electron chi connectivity index (χ4n) is 1.66. The molecule has 0 fully saturated rings. The Morgan fingerprint density at radius 2 is 1.43 bits per heavy atom. The highest BCUT2D eigenvalue weighted by molar-refractivity contribution is 9.10. The van der Waals surface area contributed by atoms with Crippen molar-refractivity contribution in [2.45, 2.75) is 18.2 Å². The zero-order chi connectivity index (χ0) is 15.5. The molecule has 0 aromatic heterocycles. The van der Waals surface area contributed by atoms with E-state index < -0.39 is 4.32 Å². The number of esters is 1. The predicted molar refractivity (Wildman–Crippen MR) is 85.0 cm³/mol. The van der Waals surface area contributed by atoms with Crippen molar-refractivity contribution in [1.29, 1.82) is 0 Å². The summed E-state index contributed by atoms with van der Waals surface area (Å²) in [5.74, 6) is -0.0314. The van der Waals surface area contributed by atoms with Crippen molar-refractivity contribution in [3.8, 4) is 5.75 Å². The van der Waals surface area contributed by atoms with Gasteiger partial charge in [0.2, 0.25) is 0 Å². The average molecular weight is 347 g/mol. The van der Waals surface area contributed by atoms with Crippen molar-refractivity contribution in [1.82, 2.24) is 0 Å². The summed E-state index contributed by atoms with van der Waals surface area (Å²) < 4.78 is 4.48. The topological polar surface area (TPSA) is 43.4 Å². The molecule has 2 aromatic rings. The molecule has 0 aliphatic rings. The third-order valence-corrected chi connectivity index (χ3v) is 3.17. The van der Waals surface area contributed by atoms with Crippen LogP contribution in [0.4, 0.5) is 0 Å². The number of benzene rings is 2. The second kappa shape index (κ2) is 6.22. The second-order valence-corrected chi connectivity index (χ2v) is 7.06. The number of ether oxygens (including phenoxy) is 1. The molecule has 3 nitrogen and oxygen atoms in total. The molecule has 0 saturated heterocycles. The quantitative estimate of drug-likeness (QED) is 0.363. The van der Waals surface area contributed by atoms with E-state index >= 15 is 0 Å². The molecule has 2 rings (SSSR count). The van der Waals surface area contributed by atoms with E-state index in [0.29, 0.717) is 16.9 Å². The number of hydrogen-bond acceptors (Lipinski definition) is 3. The maximum absolute atomic E-state index is 12.2. The Labute approximate surface area is 132 Å². The molecule has 0 unspecified atom stereocenters. The maximum Gasteiger partial charge on any atom is 0.327 e. The van der Waals surface area contributed by atoms with E-state index in [1.807, 2.05) is 18.2 Å². The lowest BCUT2D eigenvalue weighted by Crippen LogP contribution is -2.29. The van der Waals surface area contributed by atoms with E-state index in [4.69, 9.17) is 4.74 Å². The summed E-state index contributed by atoms with van der Waals surface area (Å²) in [5, 5.41) is 0. The zero-order valence-corrected chi connectivity index (χ0v) is 13.4. The van der Waals surface area contributed by atoms with Crippen LogP contribution < -0.4 is 4.74 Å². The molecule has 21 heavy (non-hydrogen) atoms. The maximum atomic E-state index is 12.2. The van der Waals surface area contributed by atoms with Crippen LogP contribution in [0.5, 0.6) is 5.75 Å². The normalized spacial score (nSPS) is 11.0. The average Bonchev–Trinajstić information content (AvgIpc) is 2.47. The fraction of sp³-hybridized carbons (Fsp3) is 0.176. The van der Waals surface area contributed by atoms with Crippen molar-refractivity contribution < 1.29 is 14.3 Å². The van der Waals surface area contributed by atoms with Crippen LogP contribution in [0.1, 0.15) is 29.8 Å². The van der Waals surface area contributed by atoms with Crippen molar-refractivity contribution in [2.24, 2.45) is 0 Å². The molecule has 4 heteroatoms. The van der Waals surface area contributed by atoms with E-state index in [1.165, 1.54) is 0 Å². The highest BCUT2D eigenvalue weighted by Crippen LogP contribution is 2.21. The largest absolute Gasteiger partial charge is 0.426 e. The lowest BCUT2D eigenvalue weighted by molar-refractivity contribution is -0.136. The van der Waals surface area contributed by atoms with Crippen LogP contribution in [-0.4, -0.2) is 16.1 Å². The van der Waals surface area contributed by atoms with Crippen LogP contribution >= 0.6 is 15.9 Å². The molecular formula is C17H15BrO3. The number of rotatable bonds is 4. The third-order valence-electron chi connectivity index (χ3n) is 2.85. The van der Waals surface area contributed by atoms with Crippen molar-refractivity contribution >= 4 is 27.7 Å². The number of carbonyl (C=O) groups excluding carboxylic acids is 2. The SMILES string of the molecule is CC(C)(Br)C(=O)Oc1ccc(C(=O)c2ccccc2)cc1. The first kappa shape index (κ1) is 15.4. The minimum atomic E-state index is -0.745. The summed E-state index contributed by atoms with van der Waals surface area (Å²) in [6, 6.07) is 15.6. The molecule has 108 valence electrons. The van der Waals surface area contributed by atoms with Crippen LogP contribution in [0.2, 0.25) is 0 Å². The van der Waals surface area contributed by atoms with Gasteiger partial charge in [-0.15, -0.1) is 0 Å². The Bertz CT molecular complexity index is 640. The van der Waals surface area contributed by atoms with Gasteiger partial charge in [-0.3, -0.25) is 9.59 Å². The molecule has 0 saturated carbocycles. The Kier molecular flexibility index (Phi) is 4.58. The monoisotopic (exact) mass is 346 g/mol. The van der Waals surface area contributed by atoms with Crippen molar-refractivity contribution in [3.05, 3.63) is 65.7 Å². The summed E-state index contributed by atoms with van der Waals surface area (Å²) in [5.41, 5.74) is 1.18. The zero-order valence-electron chi connectivity index (χ0n) is 11.8. The molecule has 2 aromatic carbocycles. The van der Waals surface area contributed by atoms with Crippen molar-refractivity contribution in [3.63, 3.8) is 0 Å². The van der Waals surface area contributed by atoms with Gasteiger partial charge in [-0.1, -0.05) is 46.3 Å². The van der Waals surface area contributed by atoms with E-state index in [9.17, 15) is 9.59 Å². The van der Waals surface area contributed by atoms with E-state index in [1.54, 1.807) is 50.2 Å². The summed E-state index contributed by atoms with van der Waals surface area (Å²) in [6.07, 6.45) is 0. The number of ketones is 1. The smallest absolute Gasteiger partial charge is 0.327 e. The Morgan fingerprint density at radius 3 is 1.95 bits per heavy atom. The molecule has 0 aliphatic carbocycles. The number of carbonyl (C=O) groups is 2. The first-order chi connectivity index (χ1) is 9.88. The molecule has 0 spiro atoms. The standard InChI is InChI=1S/C17H15BrO3/c1-17(2,18)16(20)21-14-10-8-13(9-11-14)15(19)12-6-4-3-5-7-12/h3-11H,1-2H3. The van der Waals surface area contributed by atoms with E-state index in [0.717, 1.165) is 0 Å². The molecule has 0 bridgehead atoms. The van der Waals surface area contributed by atoms with Crippen LogP contribution in [0, 0.1) is 0 Å². The molecule has 0 N–H and O–H groups in total. The molecule has 0 radical (unpaired) electrons. The van der Waals surface area contributed by atoms with Gasteiger partial charge in [-0.25, -0.2) is 0 Å². The Morgan fingerprint density at radius 1 is 0.905 bits per heavy atom. The lowest BCUT2D eigenvalue weighted by atomic mass is 10.0. The van der Waals surface area contributed by atoms with Gasteiger partial charge in [0.25, 0.3) is 0 Å². The van der Waals surface area contributed by atoms with Crippen LogP contribution in [0.15, 0.2) is 54.6 Å². The minimum Gasteiger partial charge on any atom is -0.426 e. The summed E-state index contributed by atoms with van der Waals surface area (Å²) in [7, 11) is 0. The number of halogens is 1. The van der Waals surface area contributed by atoms with Gasteiger partial charge in [-0.05, 0) is 38.1 Å². The third kappa shape index (κ3) is 4.02. The van der Waals surface area contributed by atoms with Gasteiger partial charge in [-0.2, -0.15) is 0 Å². The van der Waals surface area contributed by atoms with Gasteiger partial charge in [0.05, 0.1) is 0 Å². The molecule has 0 heterocycles. The van der Waals surface area contributed by atoms with Gasteiger partial charge < -0.3 is 4.74 Å². The van der Waals surface area contributed by atoms with E-state index in [2.05, 4.69) is 15.9 Å².